The molecule has 0 spiro atoms. The lowest BCUT2D eigenvalue weighted by Gasteiger charge is -2.42. The van der Waals surface area contributed by atoms with Gasteiger partial charge in [-0.05, 0) is 43.5 Å². The second-order valence-corrected chi connectivity index (χ2v) is 6.98. The van der Waals surface area contributed by atoms with Crippen LogP contribution in [0.15, 0.2) is 42.7 Å². The fourth-order valence-electron chi connectivity index (χ4n) is 3.45. The number of benzene rings is 1. The molecule has 0 saturated heterocycles. The van der Waals surface area contributed by atoms with Gasteiger partial charge in [-0.3, -0.25) is 14.5 Å². The third-order valence-corrected chi connectivity index (χ3v) is 5.04. The van der Waals surface area contributed by atoms with E-state index in [-0.39, 0.29) is 24.5 Å². The molecular weight excluding hydrogens is 344 g/mol. The van der Waals surface area contributed by atoms with Crippen LogP contribution in [0.2, 0.25) is 0 Å². The number of hydrogen-bond donors (Lipinski definition) is 2. The van der Waals surface area contributed by atoms with Crippen LogP contribution in [-0.2, 0) is 16.0 Å². The quantitative estimate of drug-likeness (QED) is 0.703. The van der Waals surface area contributed by atoms with Gasteiger partial charge in [0.15, 0.2) is 0 Å². The van der Waals surface area contributed by atoms with Crippen molar-refractivity contribution >= 4 is 11.9 Å². The number of likely N-dealkylation sites (N-methyl/N-ethyl adjacent to an activating group) is 1. The Labute approximate surface area is 159 Å². The van der Waals surface area contributed by atoms with Crippen LogP contribution in [-0.4, -0.2) is 56.8 Å². The Balaban J connectivity index is 1.40. The van der Waals surface area contributed by atoms with Crippen molar-refractivity contribution in [2.75, 3.05) is 13.1 Å². The van der Waals surface area contributed by atoms with Crippen molar-refractivity contribution in [3.8, 4) is 5.69 Å². The molecule has 0 atom stereocenters. The van der Waals surface area contributed by atoms with Crippen molar-refractivity contribution < 1.29 is 14.7 Å². The first kappa shape index (κ1) is 19.1. The molecule has 0 bridgehead atoms. The summed E-state index contributed by atoms with van der Waals surface area (Å²) in [5.74, 6) is -0.771. The molecule has 1 heterocycles. The minimum Gasteiger partial charge on any atom is -0.480 e. The van der Waals surface area contributed by atoms with Crippen molar-refractivity contribution in [3.05, 3.63) is 48.3 Å². The number of nitrogens with zero attached hydrogens (tertiary/aromatic N) is 3. The highest BCUT2D eigenvalue weighted by molar-refractivity contribution is 5.76. The highest BCUT2D eigenvalue weighted by Crippen LogP contribution is 2.25. The number of amides is 1. The Bertz CT molecular complexity index is 769. The number of carboxylic acids is 1. The minimum atomic E-state index is -0.805. The summed E-state index contributed by atoms with van der Waals surface area (Å²) >= 11 is 0. The largest absolute Gasteiger partial charge is 0.480 e. The normalized spacial score (nSPS) is 18.9. The highest BCUT2D eigenvalue weighted by atomic mass is 16.4. The maximum Gasteiger partial charge on any atom is 0.317 e. The summed E-state index contributed by atoms with van der Waals surface area (Å²) in [6, 6.07) is 10.3. The minimum absolute atomic E-state index is 0.0344. The molecule has 0 unspecified atom stereocenters. The van der Waals surface area contributed by atoms with Gasteiger partial charge in [-0.2, -0.15) is 5.10 Å². The molecule has 144 valence electrons. The fraction of sp³-hybridized carbons (Fsp3) is 0.450. The first-order valence-corrected chi connectivity index (χ1v) is 9.39. The van der Waals surface area contributed by atoms with Crippen LogP contribution in [0.3, 0.4) is 0 Å². The molecule has 0 radical (unpaired) electrons. The van der Waals surface area contributed by atoms with Crippen molar-refractivity contribution in [2.45, 2.75) is 44.7 Å². The maximum atomic E-state index is 12.2. The molecule has 1 fully saturated rings. The number of aliphatic carboxylic acids is 1. The van der Waals surface area contributed by atoms with Crippen LogP contribution in [0.25, 0.3) is 5.69 Å². The molecule has 1 aliphatic rings. The molecule has 0 aliphatic heterocycles. The van der Waals surface area contributed by atoms with Gasteiger partial charge in [0.2, 0.25) is 5.91 Å². The van der Waals surface area contributed by atoms with Gasteiger partial charge >= 0.3 is 5.97 Å². The van der Waals surface area contributed by atoms with Crippen LogP contribution in [0.4, 0.5) is 0 Å². The molecule has 1 aromatic heterocycles. The van der Waals surface area contributed by atoms with Gasteiger partial charge in [-0.25, -0.2) is 4.68 Å². The molecule has 2 N–H and O–H groups in total. The van der Waals surface area contributed by atoms with E-state index in [2.05, 4.69) is 10.4 Å². The molecule has 3 rings (SSSR count). The van der Waals surface area contributed by atoms with Crippen molar-refractivity contribution in [1.82, 2.24) is 20.0 Å². The van der Waals surface area contributed by atoms with Crippen molar-refractivity contribution in [1.29, 1.82) is 0 Å². The van der Waals surface area contributed by atoms with Gasteiger partial charge in [-0.1, -0.05) is 25.1 Å². The molecular formula is C20H26N4O3. The Morgan fingerprint density at radius 2 is 2.04 bits per heavy atom. The van der Waals surface area contributed by atoms with Gasteiger partial charge in [-0.15, -0.1) is 0 Å². The molecule has 1 aromatic carbocycles. The van der Waals surface area contributed by atoms with E-state index in [1.807, 2.05) is 53.0 Å². The molecule has 1 amide bonds. The second-order valence-electron chi connectivity index (χ2n) is 6.98. The van der Waals surface area contributed by atoms with Crippen molar-refractivity contribution in [2.24, 2.45) is 0 Å². The smallest absolute Gasteiger partial charge is 0.317 e. The molecule has 27 heavy (non-hydrogen) atoms. The molecule has 1 saturated carbocycles. The predicted octanol–water partition coefficient (Wildman–Crippen LogP) is 1.86. The third-order valence-electron chi connectivity index (χ3n) is 5.04. The zero-order valence-corrected chi connectivity index (χ0v) is 15.5. The number of nitrogens with one attached hydrogen (secondary N) is 1. The monoisotopic (exact) mass is 370 g/mol. The molecule has 1 aliphatic carbocycles. The van der Waals surface area contributed by atoms with E-state index in [0.717, 1.165) is 24.1 Å². The average molecular weight is 370 g/mol. The second kappa shape index (κ2) is 8.81. The van der Waals surface area contributed by atoms with Gasteiger partial charge in [0.1, 0.15) is 0 Å². The lowest BCUT2D eigenvalue weighted by atomic mass is 9.85. The zero-order chi connectivity index (χ0) is 19.2. The Hall–Kier alpha value is -2.67. The SMILES string of the molecule is CCN(CC(=O)O)C1CC(NC(=O)CCc2cnn(-c3ccccc3)c2)C1. The summed E-state index contributed by atoms with van der Waals surface area (Å²) in [6.45, 7) is 2.74. The number of rotatable bonds is 9. The fourth-order valence-corrected chi connectivity index (χ4v) is 3.45. The summed E-state index contributed by atoms with van der Waals surface area (Å²) < 4.78 is 1.81. The number of carbonyl (C=O) groups is 2. The van der Waals surface area contributed by atoms with E-state index in [1.165, 1.54) is 0 Å². The number of para-hydroxylation sites is 1. The van der Waals surface area contributed by atoms with E-state index >= 15 is 0 Å². The first-order chi connectivity index (χ1) is 13.0. The molecule has 7 heteroatoms. The standard InChI is InChI=1S/C20H26N4O3/c1-2-23(14-20(26)27)18-10-16(11-18)22-19(25)9-8-15-12-21-24(13-15)17-6-4-3-5-7-17/h3-7,12-13,16,18H,2,8-11,14H2,1H3,(H,22,25)(H,26,27). The lowest BCUT2D eigenvalue weighted by Crippen LogP contribution is -2.54. The van der Waals surface area contributed by atoms with Crippen molar-refractivity contribution in [3.63, 3.8) is 0 Å². The number of carboxylic acid groups (broad SMARTS) is 1. The molecule has 2 aromatic rings. The summed E-state index contributed by atoms with van der Waals surface area (Å²) in [6.07, 6.45) is 6.46. The third kappa shape index (κ3) is 5.17. The van der Waals surface area contributed by atoms with Gasteiger partial charge < -0.3 is 10.4 Å². The van der Waals surface area contributed by atoms with Crippen LogP contribution < -0.4 is 5.32 Å². The maximum absolute atomic E-state index is 12.2. The van der Waals surface area contributed by atoms with E-state index in [1.54, 1.807) is 6.20 Å². The topological polar surface area (TPSA) is 87.5 Å². The number of hydrogen-bond acceptors (Lipinski definition) is 4. The summed E-state index contributed by atoms with van der Waals surface area (Å²) in [4.78, 5) is 25.0. The van der Waals surface area contributed by atoms with E-state index in [4.69, 9.17) is 5.11 Å². The average Bonchev–Trinajstić information content (AvgIpc) is 3.10. The lowest BCUT2D eigenvalue weighted by molar-refractivity contribution is -0.139. The van der Waals surface area contributed by atoms with Crippen LogP contribution in [0.1, 0.15) is 31.7 Å². The Kier molecular flexibility index (Phi) is 6.24. The Morgan fingerprint density at radius 3 is 2.70 bits per heavy atom. The van der Waals surface area contributed by atoms with Gasteiger partial charge in [0.25, 0.3) is 0 Å². The van der Waals surface area contributed by atoms with Crippen LogP contribution >= 0.6 is 0 Å². The van der Waals surface area contributed by atoms with E-state index < -0.39 is 5.97 Å². The Morgan fingerprint density at radius 1 is 1.30 bits per heavy atom. The number of aromatic nitrogens is 2. The van der Waals surface area contributed by atoms with E-state index in [9.17, 15) is 9.59 Å². The number of aryl methyl sites for hydroxylation is 1. The first-order valence-electron chi connectivity index (χ1n) is 9.39. The highest BCUT2D eigenvalue weighted by Gasteiger charge is 2.34. The zero-order valence-electron chi connectivity index (χ0n) is 15.5. The number of carbonyl (C=O) groups excluding carboxylic acids is 1. The van der Waals surface area contributed by atoms with Gasteiger partial charge in [0, 0.05) is 24.7 Å². The molecule has 7 nitrogen and oxygen atoms in total. The van der Waals surface area contributed by atoms with Crippen LogP contribution in [0.5, 0.6) is 0 Å². The summed E-state index contributed by atoms with van der Waals surface area (Å²) in [5, 5.41) is 16.3. The van der Waals surface area contributed by atoms with Crippen LogP contribution in [0, 0.1) is 0 Å². The van der Waals surface area contributed by atoms with E-state index in [0.29, 0.717) is 19.4 Å². The predicted molar refractivity (Wildman–Crippen MR) is 102 cm³/mol. The van der Waals surface area contributed by atoms with Gasteiger partial charge in [0.05, 0.1) is 18.4 Å². The summed E-state index contributed by atoms with van der Waals surface area (Å²) in [5.41, 5.74) is 2.02. The summed E-state index contributed by atoms with van der Waals surface area (Å²) in [7, 11) is 0.